The van der Waals surface area contributed by atoms with Crippen LogP contribution in [0.2, 0.25) is 0 Å². The van der Waals surface area contributed by atoms with Gasteiger partial charge < -0.3 is 5.11 Å². The van der Waals surface area contributed by atoms with Crippen LogP contribution in [0.4, 0.5) is 0 Å². The van der Waals surface area contributed by atoms with Crippen LogP contribution >= 0.6 is 11.8 Å². The fourth-order valence-corrected chi connectivity index (χ4v) is 1.71. The highest BCUT2D eigenvalue weighted by atomic mass is 32.2. The second-order valence-electron chi connectivity index (χ2n) is 2.75. The van der Waals surface area contributed by atoms with E-state index >= 15 is 0 Å². The van der Waals surface area contributed by atoms with Gasteiger partial charge >= 0.3 is 5.97 Å². The molecule has 0 radical (unpaired) electrons. The highest BCUT2D eigenvalue weighted by molar-refractivity contribution is 7.99. The van der Waals surface area contributed by atoms with Crippen LogP contribution in [-0.4, -0.2) is 26.8 Å². The largest absolute Gasteiger partial charge is 0.478 e. The highest BCUT2D eigenvalue weighted by Crippen LogP contribution is 2.14. The second kappa shape index (κ2) is 6.19. The van der Waals surface area contributed by atoms with Crippen molar-refractivity contribution in [2.45, 2.75) is 18.4 Å². The number of carboxylic acid groups (broad SMARTS) is 1. The third kappa shape index (κ3) is 4.12. The molecule has 15 heavy (non-hydrogen) atoms. The molecule has 5 heteroatoms. The molecule has 1 rings (SSSR count). The van der Waals surface area contributed by atoms with Gasteiger partial charge in [-0.2, -0.15) is 0 Å². The Bertz CT molecular complexity index is 352. The Morgan fingerprint density at radius 1 is 1.67 bits per heavy atom. The first-order valence-electron chi connectivity index (χ1n) is 4.55. The molecule has 0 saturated carbocycles. The molecule has 0 aliphatic carbocycles. The van der Waals surface area contributed by atoms with Crippen LogP contribution in [0, 0.1) is 0 Å². The maximum absolute atomic E-state index is 10.7. The lowest BCUT2D eigenvalue weighted by molar-refractivity contribution is -0.132. The maximum Gasteiger partial charge on any atom is 0.331 e. The van der Waals surface area contributed by atoms with Gasteiger partial charge in [0, 0.05) is 17.5 Å². The lowest BCUT2D eigenvalue weighted by Crippen LogP contribution is -1.99. The van der Waals surface area contributed by atoms with Crippen LogP contribution in [0.1, 0.15) is 13.3 Å². The van der Waals surface area contributed by atoms with Crippen LogP contribution < -0.4 is 0 Å². The van der Waals surface area contributed by atoms with Crippen molar-refractivity contribution in [3.05, 3.63) is 30.2 Å². The quantitative estimate of drug-likeness (QED) is 0.471. The molecule has 1 aromatic rings. The zero-order chi connectivity index (χ0) is 11.1. The summed E-state index contributed by atoms with van der Waals surface area (Å²) in [6.07, 6.45) is 5.40. The van der Waals surface area contributed by atoms with Crippen LogP contribution in [0.25, 0.3) is 0 Å². The summed E-state index contributed by atoms with van der Waals surface area (Å²) in [4.78, 5) is 18.5. The number of hydrogen-bond acceptors (Lipinski definition) is 4. The second-order valence-corrected chi connectivity index (χ2v) is 3.79. The van der Waals surface area contributed by atoms with Gasteiger partial charge in [0.05, 0.1) is 5.03 Å². The van der Waals surface area contributed by atoms with Crippen molar-refractivity contribution in [1.82, 2.24) is 9.97 Å². The molecule has 1 N–H and O–H groups in total. The van der Waals surface area contributed by atoms with E-state index in [9.17, 15) is 4.79 Å². The number of rotatable bonds is 5. The highest BCUT2D eigenvalue weighted by Gasteiger charge is 2.03. The molecule has 0 bridgehead atoms. The van der Waals surface area contributed by atoms with Crippen molar-refractivity contribution in [1.29, 1.82) is 0 Å². The molecular formula is C10H12N2O2S. The summed E-state index contributed by atoms with van der Waals surface area (Å²) in [7, 11) is 0. The first-order valence-corrected chi connectivity index (χ1v) is 5.53. The number of hydrogen-bond donors (Lipinski definition) is 1. The first-order chi connectivity index (χ1) is 7.24. The minimum absolute atomic E-state index is 0.441. The number of aliphatic carboxylic acids is 1. The van der Waals surface area contributed by atoms with E-state index < -0.39 is 5.97 Å². The fraction of sp³-hybridized carbons (Fsp3) is 0.300. The van der Waals surface area contributed by atoms with E-state index in [1.54, 1.807) is 18.3 Å². The van der Waals surface area contributed by atoms with Crippen LogP contribution in [-0.2, 0) is 4.79 Å². The molecule has 0 aliphatic heterocycles. The smallest absolute Gasteiger partial charge is 0.331 e. The van der Waals surface area contributed by atoms with Crippen LogP contribution in [0.15, 0.2) is 35.3 Å². The minimum atomic E-state index is -0.846. The van der Waals surface area contributed by atoms with E-state index in [1.807, 2.05) is 6.92 Å². The van der Waals surface area contributed by atoms with E-state index in [1.165, 1.54) is 18.1 Å². The lowest BCUT2D eigenvalue weighted by Gasteiger charge is -1.98. The molecular weight excluding hydrogens is 212 g/mol. The van der Waals surface area contributed by atoms with Crippen molar-refractivity contribution in [3.63, 3.8) is 0 Å². The summed E-state index contributed by atoms with van der Waals surface area (Å²) in [6.45, 7) is 1.83. The van der Waals surface area contributed by atoms with Crippen molar-refractivity contribution < 1.29 is 9.90 Å². The molecule has 0 saturated heterocycles. The van der Waals surface area contributed by atoms with Crippen LogP contribution in [0.5, 0.6) is 0 Å². The van der Waals surface area contributed by atoms with Gasteiger partial charge in [0.1, 0.15) is 6.33 Å². The molecule has 0 amide bonds. The standard InChI is InChI=1S/C10H12N2O2S/c1-2-8(10(13)14)4-6-15-9-3-5-11-7-12-9/h3-5,7H,2,6H2,1H3,(H,13,14). The monoisotopic (exact) mass is 224 g/mol. The first kappa shape index (κ1) is 11.7. The third-order valence-electron chi connectivity index (χ3n) is 1.77. The molecule has 80 valence electrons. The van der Waals surface area contributed by atoms with E-state index in [4.69, 9.17) is 5.11 Å². The number of thioether (sulfide) groups is 1. The van der Waals surface area contributed by atoms with Gasteiger partial charge in [-0.1, -0.05) is 13.0 Å². The molecule has 1 heterocycles. The minimum Gasteiger partial charge on any atom is -0.478 e. The molecule has 1 aromatic heterocycles. The summed E-state index contributed by atoms with van der Waals surface area (Å²) in [5, 5.41) is 9.62. The van der Waals surface area contributed by atoms with E-state index in [0.717, 1.165) is 5.03 Å². The molecule has 0 fully saturated rings. The van der Waals surface area contributed by atoms with Crippen LogP contribution in [0.3, 0.4) is 0 Å². The van der Waals surface area contributed by atoms with E-state index in [-0.39, 0.29) is 0 Å². The molecule has 0 aliphatic rings. The van der Waals surface area contributed by atoms with Gasteiger partial charge in [0.25, 0.3) is 0 Å². The molecule has 0 unspecified atom stereocenters. The third-order valence-corrected chi connectivity index (χ3v) is 2.64. The summed E-state index contributed by atoms with van der Waals surface area (Å²) in [6, 6.07) is 1.80. The Balaban J connectivity index is 2.48. The Kier molecular flexibility index (Phi) is 4.83. The Labute approximate surface area is 92.4 Å². The Hall–Kier alpha value is -1.36. The van der Waals surface area contributed by atoms with Gasteiger partial charge in [0.15, 0.2) is 0 Å². The summed E-state index contributed by atoms with van der Waals surface area (Å²) in [5.41, 5.74) is 0.441. The van der Waals surface area contributed by atoms with Crippen molar-refractivity contribution in [2.24, 2.45) is 0 Å². The number of carbonyl (C=O) groups is 1. The Morgan fingerprint density at radius 3 is 3.00 bits per heavy atom. The zero-order valence-electron chi connectivity index (χ0n) is 8.38. The zero-order valence-corrected chi connectivity index (χ0v) is 9.20. The number of carboxylic acids is 1. The van der Waals surface area contributed by atoms with Gasteiger partial charge in [-0.15, -0.1) is 11.8 Å². The van der Waals surface area contributed by atoms with Gasteiger partial charge in [-0.05, 0) is 12.5 Å². The average Bonchev–Trinajstić information content (AvgIpc) is 2.25. The lowest BCUT2D eigenvalue weighted by atomic mass is 10.2. The summed E-state index contributed by atoms with van der Waals surface area (Å²) in [5.74, 6) is -0.229. The predicted molar refractivity (Wildman–Crippen MR) is 58.8 cm³/mol. The van der Waals surface area contributed by atoms with E-state index in [2.05, 4.69) is 9.97 Å². The average molecular weight is 224 g/mol. The van der Waals surface area contributed by atoms with Gasteiger partial charge in [-0.25, -0.2) is 14.8 Å². The molecule has 0 aromatic carbocycles. The van der Waals surface area contributed by atoms with E-state index in [0.29, 0.717) is 17.7 Å². The molecule has 4 nitrogen and oxygen atoms in total. The van der Waals surface area contributed by atoms with Gasteiger partial charge in [0.2, 0.25) is 0 Å². The van der Waals surface area contributed by atoms with Crippen molar-refractivity contribution in [2.75, 3.05) is 5.75 Å². The summed E-state index contributed by atoms with van der Waals surface area (Å²) < 4.78 is 0. The molecule has 0 spiro atoms. The predicted octanol–water partition coefficient (Wildman–Crippen LogP) is 1.99. The van der Waals surface area contributed by atoms with Gasteiger partial charge in [-0.3, -0.25) is 0 Å². The number of nitrogens with zero attached hydrogens (tertiary/aromatic N) is 2. The summed E-state index contributed by atoms with van der Waals surface area (Å²) >= 11 is 1.49. The normalized spacial score (nSPS) is 11.4. The topological polar surface area (TPSA) is 63.1 Å². The number of aromatic nitrogens is 2. The maximum atomic E-state index is 10.7. The molecule has 0 atom stereocenters. The SMILES string of the molecule is CCC(=CCSc1ccncn1)C(=O)O. The Morgan fingerprint density at radius 2 is 2.47 bits per heavy atom. The van der Waals surface area contributed by atoms with Crippen molar-refractivity contribution in [3.8, 4) is 0 Å². The fourth-order valence-electron chi connectivity index (χ4n) is 0.974. The van der Waals surface area contributed by atoms with Crippen molar-refractivity contribution >= 4 is 17.7 Å².